The molecule has 0 aromatic rings. The molecule has 0 aliphatic carbocycles. The molecule has 0 radical (unpaired) electrons. The second kappa shape index (κ2) is 7.63. The van der Waals surface area contributed by atoms with E-state index in [1.807, 2.05) is 6.92 Å². The SMILES string of the molecule is COCCNC(=O)C(C)N1CCCCCC1. The second-order valence-electron chi connectivity index (χ2n) is 4.41. The maximum absolute atomic E-state index is 11.8. The predicted octanol–water partition coefficient (Wildman–Crippen LogP) is 1.01. The van der Waals surface area contributed by atoms with Crippen LogP contribution >= 0.6 is 0 Å². The van der Waals surface area contributed by atoms with Gasteiger partial charge in [-0.2, -0.15) is 0 Å². The minimum Gasteiger partial charge on any atom is -0.383 e. The third-order valence-electron chi connectivity index (χ3n) is 3.17. The molecule has 4 heteroatoms. The number of methoxy groups -OCH3 is 1. The van der Waals surface area contributed by atoms with Crippen LogP contribution in [0, 0.1) is 0 Å². The highest BCUT2D eigenvalue weighted by Crippen LogP contribution is 2.12. The predicted molar refractivity (Wildman–Crippen MR) is 64.4 cm³/mol. The van der Waals surface area contributed by atoms with E-state index in [-0.39, 0.29) is 11.9 Å². The van der Waals surface area contributed by atoms with Gasteiger partial charge in [-0.3, -0.25) is 9.69 Å². The normalized spacial score (nSPS) is 20.1. The summed E-state index contributed by atoms with van der Waals surface area (Å²) in [5.74, 6) is 0.124. The van der Waals surface area contributed by atoms with Crippen LogP contribution in [0.4, 0.5) is 0 Å². The van der Waals surface area contributed by atoms with Gasteiger partial charge in [0, 0.05) is 13.7 Å². The van der Waals surface area contributed by atoms with E-state index in [1.165, 1.54) is 25.7 Å². The van der Waals surface area contributed by atoms with Crippen molar-refractivity contribution in [1.82, 2.24) is 10.2 Å². The van der Waals surface area contributed by atoms with Gasteiger partial charge in [0.15, 0.2) is 0 Å². The lowest BCUT2D eigenvalue weighted by Gasteiger charge is -2.26. The van der Waals surface area contributed by atoms with Gasteiger partial charge in [-0.05, 0) is 32.9 Å². The van der Waals surface area contributed by atoms with E-state index in [0.29, 0.717) is 13.2 Å². The zero-order valence-electron chi connectivity index (χ0n) is 10.5. The number of carbonyl (C=O) groups excluding carboxylic acids is 1. The zero-order chi connectivity index (χ0) is 11.8. The molecule has 1 unspecified atom stereocenters. The van der Waals surface area contributed by atoms with E-state index in [2.05, 4.69) is 10.2 Å². The Morgan fingerprint density at radius 3 is 2.50 bits per heavy atom. The van der Waals surface area contributed by atoms with Crippen LogP contribution in [0.5, 0.6) is 0 Å². The Bertz CT molecular complexity index is 201. The van der Waals surface area contributed by atoms with Crippen LogP contribution in [0.1, 0.15) is 32.6 Å². The summed E-state index contributed by atoms with van der Waals surface area (Å²) in [4.78, 5) is 14.1. The maximum atomic E-state index is 11.8. The number of ether oxygens (including phenoxy) is 1. The van der Waals surface area contributed by atoms with Crippen molar-refractivity contribution in [3.63, 3.8) is 0 Å². The topological polar surface area (TPSA) is 41.6 Å². The summed E-state index contributed by atoms with van der Waals surface area (Å²) in [5, 5.41) is 2.90. The van der Waals surface area contributed by atoms with E-state index >= 15 is 0 Å². The highest BCUT2D eigenvalue weighted by molar-refractivity contribution is 5.81. The third-order valence-corrected chi connectivity index (χ3v) is 3.17. The zero-order valence-corrected chi connectivity index (χ0v) is 10.5. The summed E-state index contributed by atoms with van der Waals surface area (Å²) in [6.07, 6.45) is 5.04. The molecule has 1 saturated heterocycles. The minimum absolute atomic E-state index is 0.00467. The van der Waals surface area contributed by atoms with Crippen LogP contribution in [0.25, 0.3) is 0 Å². The Labute approximate surface area is 98.3 Å². The molecule has 94 valence electrons. The second-order valence-corrected chi connectivity index (χ2v) is 4.41. The van der Waals surface area contributed by atoms with E-state index in [0.717, 1.165) is 13.1 Å². The number of nitrogens with zero attached hydrogens (tertiary/aromatic N) is 1. The highest BCUT2D eigenvalue weighted by atomic mass is 16.5. The Hall–Kier alpha value is -0.610. The molecule has 0 bridgehead atoms. The Morgan fingerprint density at radius 2 is 1.94 bits per heavy atom. The van der Waals surface area contributed by atoms with Gasteiger partial charge in [0.2, 0.25) is 5.91 Å². The van der Waals surface area contributed by atoms with Crippen molar-refractivity contribution < 1.29 is 9.53 Å². The van der Waals surface area contributed by atoms with Gasteiger partial charge >= 0.3 is 0 Å². The Balaban J connectivity index is 2.30. The lowest BCUT2D eigenvalue weighted by molar-refractivity contribution is -0.126. The lowest BCUT2D eigenvalue weighted by Crippen LogP contribution is -2.46. The maximum Gasteiger partial charge on any atom is 0.237 e. The average molecular weight is 228 g/mol. The molecule has 1 heterocycles. The molecular formula is C12H24N2O2. The molecule has 0 saturated carbocycles. The number of hydrogen-bond donors (Lipinski definition) is 1. The number of nitrogens with one attached hydrogen (secondary N) is 1. The summed E-state index contributed by atoms with van der Waals surface area (Å²) in [7, 11) is 1.64. The van der Waals surface area contributed by atoms with Crippen molar-refractivity contribution in [3.05, 3.63) is 0 Å². The number of rotatable bonds is 5. The van der Waals surface area contributed by atoms with Crippen LogP contribution in [-0.4, -0.2) is 50.2 Å². The summed E-state index contributed by atoms with van der Waals surface area (Å²) < 4.78 is 4.91. The molecule has 0 aromatic carbocycles. The van der Waals surface area contributed by atoms with Crippen LogP contribution < -0.4 is 5.32 Å². The molecule has 1 fully saturated rings. The highest BCUT2D eigenvalue weighted by Gasteiger charge is 2.21. The van der Waals surface area contributed by atoms with Gasteiger partial charge in [0.05, 0.1) is 12.6 Å². The first-order valence-corrected chi connectivity index (χ1v) is 6.26. The molecule has 1 amide bonds. The van der Waals surface area contributed by atoms with Crippen molar-refractivity contribution in [2.75, 3.05) is 33.4 Å². The van der Waals surface area contributed by atoms with Crippen LogP contribution in [0.2, 0.25) is 0 Å². The molecular weight excluding hydrogens is 204 g/mol. The van der Waals surface area contributed by atoms with E-state index in [1.54, 1.807) is 7.11 Å². The molecule has 0 aromatic heterocycles. The lowest BCUT2D eigenvalue weighted by atomic mass is 10.2. The monoisotopic (exact) mass is 228 g/mol. The van der Waals surface area contributed by atoms with E-state index < -0.39 is 0 Å². The van der Waals surface area contributed by atoms with Crippen molar-refractivity contribution in [3.8, 4) is 0 Å². The number of carbonyl (C=O) groups is 1. The van der Waals surface area contributed by atoms with Crippen molar-refractivity contribution >= 4 is 5.91 Å². The van der Waals surface area contributed by atoms with Gasteiger partial charge in [0.1, 0.15) is 0 Å². The summed E-state index contributed by atoms with van der Waals surface area (Å²) >= 11 is 0. The quantitative estimate of drug-likeness (QED) is 0.714. The average Bonchev–Trinajstić information content (AvgIpc) is 2.56. The first-order valence-electron chi connectivity index (χ1n) is 6.26. The third kappa shape index (κ3) is 4.49. The van der Waals surface area contributed by atoms with Crippen molar-refractivity contribution in [2.45, 2.75) is 38.6 Å². The Morgan fingerprint density at radius 1 is 1.31 bits per heavy atom. The van der Waals surface area contributed by atoms with Crippen molar-refractivity contribution in [1.29, 1.82) is 0 Å². The van der Waals surface area contributed by atoms with E-state index in [9.17, 15) is 4.79 Å². The van der Waals surface area contributed by atoms with Crippen molar-refractivity contribution in [2.24, 2.45) is 0 Å². The number of hydrogen-bond acceptors (Lipinski definition) is 3. The smallest absolute Gasteiger partial charge is 0.237 e. The minimum atomic E-state index is -0.00467. The summed E-state index contributed by atoms with van der Waals surface area (Å²) in [6, 6.07) is -0.00467. The van der Waals surface area contributed by atoms with E-state index in [4.69, 9.17) is 4.74 Å². The number of amides is 1. The molecule has 1 atom stereocenters. The fourth-order valence-electron chi connectivity index (χ4n) is 2.07. The van der Waals surface area contributed by atoms with Gasteiger partial charge in [-0.15, -0.1) is 0 Å². The van der Waals surface area contributed by atoms with Gasteiger partial charge in [-0.25, -0.2) is 0 Å². The summed E-state index contributed by atoms with van der Waals surface area (Å²) in [6.45, 7) is 5.29. The molecule has 1 aliphatic rings. The van der Waals surface area contributed by atoms with Gasteiger partial charge < -0.3 is 10.1 Å². The largest absolute Gasteiger partial charge is 0.383 e. The first-order chi connectivity index (χ1) is 7.75. The van der Waals surface area contributed by atoms with Crippen LogP contribution in [0.15, 0.2) is 0 Å². The van der Waals surface area contributed by atoms with Crippen LogP contribution in [0.3, 0.4) is 0 Å². The molecule has 1 aliphatic heterocycles. The fourth-order valence-corrected chi connectivity index (χ4v) is 2.07. The molecule has 0 spiro atoms. The summed E-state index contributed by atoms with van der Waals surface area (Å²) in [5.41, 5.74) is 0. The molecule has 4 nitrogen and oxygen atoms in total. The Kier molecular flexibility index (Phi) is 6.42. The number of likely N-dealkylation sites (tertiary alicyclic amines) is 1. The molecule has 1 N–H and O–H groups in total. The standard InChI is InChI=1S/C12H24N2O2/c1-11(12(15)13-7-10-16-2)14-8-5-3-4-6-9-14/h11H,3-10H2,1-2H3,(H,13,15). The van der Waals surface area contributed by atoms with Gasteiger partial charge in [0.25, 0.3) is 0 Å². The fraction of sp³-hybridized carbons (Fsp3) is 0.917. The molecule has 16 heavy (non-hydrogen) atoms. The van der Waals surface area contributed by atoms with Crippen LogP contribution in [-0.2, 0) is 9.53 Å². The van der Waals surface area contributed by atoms with Gasteiger partial charge in [-0.1, -0.05) is 12.8 Å². The molecule has 1 rings (SSSR count). The first kappa shape index (κ1) is 13.5.